The fraction of sp³-hybridized carbons (Fsp3) is 0.923. The van der Waals surface area contributed by atoms with Crippen LogP contribution in [-0.4, -0.2) is 56.4 Å². The summed E-state index contributed by atoms with van der Waals surface area (Å²) >= 11 is 0. The van der Waals surface area contributed by atoms with Crippen LogP contribution in [0.25, 0.3) is 0 Å². The summed E-state index contributed by atoms with van der Waals surface area (Å²) in [5, 5.41) is 12.3. The maximum atomic E-state index is 11.3. The zero-order valence-corrected chi connectivity index (χ0v) is 12.1. The van der Waals surface area contributed by atoms with Gasteiger partial charge in [-0.2, -0.15) is 0 Å². The van der Waals surface area contributed by atoms with Crippen molar-refractivity contribution in [2.75, 3.05) is 27.1 Å². The second-order valence-electron chi connectivity index (χ2n) is 5.12. The third-order valence-electron chi connectivity index (χ3n) is 3.77. The highest BCUT2D eigenvalue weighted by atomic mass is 16.7. The SMILES string of the molecule is COCOC[C@@H]1O[C@H](CO)[C@@H](C)[C@@H](C)[C@H]1NC(C)=O. The molecule has 0 aromatic carbocycles. The van der Waals surface area contributed by atoms with Gasteiger partial charge >= 0.3 is 0 Å². The average molecular weight is 275 g/mol. The van der Waals surface area contributed by atoms with E-state index >= 15 is 0 Å². The predicted molar refractivity (Wildman–Crippen MR) is 69.5 cm³/mol. The number of hydrogen-bond acceptors (Lipinski definition) is 5. The summed E-state index contributed by atoms with van der Waals surface area (Å²) < 4.78 is 16.0. The van der Waals surface area contributed by atoms with Crippen LogP contribution in [0.15, 0.2) is 0 Å². The minimum atomic E-state index is -0.276. The Balaban J connectivity index is 2.71. The molecule has 0 radical (unpaired) electrons. The maximum Gasteiger partial charge on any atom is 0.217 e. The Hall–Kier alpha value is -0.690. The van der Waals surface area contributed by atoms with Crippen LogP contribution in [0.4, 0.5) is 0 Å². The summed E-state index contributed by atoms with van der Waals surface area (Å²) in [5.41, 5.74) is 0. The average Bonchev–Trinajstić information content (AvgIpc) is 2.37. The summed E-state index contributed by atoms with van der Waals surface area (Å²) in [5.74, 6) is 0.276. The van der Waals surface area contributed by atoms with E-state index in [-0.39, 0.29) is 49.4 Å². The zero-order valence-electron chi connectivity index (χ0n) is 12.1. The number of rotatable bonds is 6. The molecule has 5 atom stereocenters. The molecule has 0 saturated carbocycles. The Morgan fingerprint density at radius 1 is 1.32 bits per heavy atom. The summed E-state index contributed by atoms with van der Waals surface area (Å²) in [6.45, 7) is 6.04. The Bertz CT molecular complexity index is 286. The summed E-state index contributed by atoms with van der Waals surface area (Å²) in [4.78, 5) is 11.3. The van der Waals surface area contributed by atoms with Crippen molar-refractivity contribution in [3.05, 3.63) is 0 Å². The van der Waals surface area contributed by atoms with E-state index in [0.29, 0.717) is 6.61 Å². The Kier molecular flexibility index (Phi) is 6.71. The standard InChI is InChI=1S/C13H25NO5/c1-8-9(2)13(14-10(3)16)12(6-18-7-17-4)19-11(8)5-15/h8-9,11-13,15H,5-7H2,1-4H3,(H,14,16)/t8-,9+,11+,12-,13+/m0/s1. The van der Waals surface area contributed by atoms with Gasteiger partial charge in [0.1, 0.15) is 12.9 Å². The van der Waals surface area contributed by atoms with Gasteiger partial charge in [-0.1, -0.05) is 13.8 Å². The molecule has 0 aromatic heterocycles. The van der Waals surface area contributed by atoms with E-state index in [1.807, 2.05) is 6.92 Å². The first-order valence-electron chi connectivity index (χ1n) is 6.61. The molecule has 0 aliphatic carbocycles. The van der Waals surface area contributed by atoms with E-state index < -0.39 is 0 Å². The van der Waals surface area contributed by atoms with Crippen LogP contribution in [0.1, 0.15) is 20.8 Å². The molecule has 0 aromatic rings. The molecule has 1 aliphatic heterocycles. The third-order valence-corrected chi connectivity index (χ3v) is 3.77. The van der Waals surface area contributed by atoms with Crippen LogP contribution in [-0.2, 0) is 19.0 Å². The molecule has 6 nitrogen and oxygen atoms in total. The number of carbonyl (C=O) groups excluding carboxylic acids is 1. The highest BCUT2D eigenvalue weighted by Gasteiger charge is 2.41. The van der Waals surface area contributed by atoms with Crippen LogP contribution in [0.5, 0.6) is 0 Å². The lowest BCUT2D eigenvalue weighted by molar-refractivity contribution is -0.170. The maximum absolute atomic E-state index is 11.3. The van der Waals surface area contributed by atoms with E-state index in [1.165, 1.54) is 6.92 Å². The quantitative estimate of drug-likeness (QED) is 0.533. The first-order chi connectivity index (χ1) is 9.01. The number of methoxy groups -OCH3 is 1. The van der Waals surface area contributed by atoms with E-state index in [4.69, 9.17) is 14.2 Å². The molecule has 1 rings (SSSR count). The van der Waals surface area contributed by atoms with Crippen molar-refractivity contribution in [2.45, 2.75) is 39.0 Å². The molecule has 0 unspecified atom stereocenters. The van der Waals surface area contributed by atoms with Gasteiger partial charge in [0.25, 0.3) is 0 Å². The number of nitrogens with one attached hydrogen (secondary N) is 1. The second-order valence-corrected chi connectivity index (χ2v) is 5.12. The van der Waals surface area contributed by atoms with Crippen molar-refractivity contribution in [2.24, 2.45) is 11.8 Å². The number of carbonyl (C=O) groups is 1. The number of aliphatic hydroxyl groups excluding tert-OH is 1. The molecule has 6 heteroatoms. The number of ether oxygens (including phenoxy) is 3. The molecule has 1 fully saturated rings. The van der Waals surface area contributed by atoms with Gasteiger partial charge in [-0.3, -0.25) is 4.79 Å². The fourth-order valence-electron chi connectivity index (χ4n) is 2.50. The lowest BCUT2D eigenvalue weighted by Crippen LogP contribution is -2.58. The van der Waals surface area contributed by atoms with Crippen molar-refractivity contribution in [3.63, 3.8) is 0 Å². The van der Waals surface area contributed by atoms with Gasteiger partial charge in [-0.05, 0) is 11.8 Å². The van der Waals surface area contributed by atoms with Crippen molar-refractivity contribution in [1.82, 2.24) is 5.32 Å². The number of hydrogen-bond donors (Lipinski definition) is 2. The topological polar surface area (TPSA) is 77.0 Å². The molecule has 0 bridgehead atoms. The highest BCUT2D eigenvalue weighted by molar-refractivity contribution is 5.73. The van der Waals surface area contributed by atoms with E-state index in [1.54, 1.807) is 7.11 Å². The lowest BCUT2D eigenvalue weighted by Gasteiger charge is -2.44. The molecular formula is C13H25NO5. The summed E-state index contributed by atoms with van der Waals surface area (Å²) in [6.07, 6.45) is -0.501. The van der Waals surface area contributed by atoms with E-state index in [2.05, 4.69) is 12.2 Å². The van der Waals surface area contributed by atoms with Crippen LogP contribution in [0, 0.1) is 11.8 Å². The zero-order chi connectivity index (χ0) is 14.4. The second kappa shape index (κ2) is 7.79. The largest absolute Gasteiger partial charge is 0.394 e. The predicted octanol–water partition coefficient (Wildman–Crippen LogP) is 0.144. The lowest BCUT2D eigenvalue weighted by atomic mass is 9.80. The van der Waals surface area contributed by atoms with Gasteiger partial charge in [-0.15, -0.1) is 0 Å². The van der Waals surface area contributed by atoms with Gasteiger partial charge in [0.05, 0.1) is 25.4 Å². The molecule has 1 saturated heterocycles. The highest BCUT2D eigenvalue weighted by Crippen LogP contribution is 2.30. The molecule has 1 aliphatic rings. The molecule has 0 spiro atoms. The van der Waals surface area contributed by atoms with E-state index in [0.717, 1.165) is 0 Å². The van der Waals surface area contributed by atoms with Gasteiger partial charge < -0.3 is 24.6 Å². The minimum absolute atomic E-state index is 0.0287. The van der Waals surface area contributed by atoms with Gasteiger partial charge in [0.15, 0.2) is 0 Å². The van der Waals surface area contributed by atoms with Crippen LogP contribution in [0.2, 0.25) is 0 Å². The van der Waals surface area contributed by atoms with Gasteiger partial charge in [0, 0.05) is 14.0 Å². The summed E-state index contributed by atoms with van der Waals surface area (Å²) in [7, 11) is 1.55. The van der Waals surface area contributed by atoms with Crippen LogP contribution in [0.3, 0.4) is 0 Å². The van der Waals surface area contributed by atoms with Crippen molar-refractivity contribution in [1.29, 1.82) is 0 Å². The monoisotopic (exact) mass is 275 g/mol. The Labute approximate surface area is 114 Å². The molecule has 1 amide bonds. The Morgan fingerprint density at radius 2 is 2.00 bits per heavy atom. The smallest absolute Gasteiger partial charge is 0.217 e. The van der Waals surface area contributed by atoms with Gasteiger partial charge in [0.2, 0.25) is 5.91 Å². The van der Waals surface area contributed by atoms with Crippen molar-refractivity contribution < 1.29 is 24.1 Å². The first kappa shape index (κ1) is 16.4. The molecule has 112 valence electrons. The number of aliphatic hydroxyl groups is 1. The summed E-state index contributed by atoms with van der Waals surface area (Å²) in [6, 6.07) is -0.118. The molecule has 19 heavy (non-hydrogen) atoms. The van der Waals surface area contributed by atoms with Crippen molar-refractivity contribution >= 4 is 5.91 Å². The molecular weight excluding hydrogens is 250 g/mol. The van der Waals surface area contributed by atoms with E-state index in [9.17, 15) is 9.90 Å². The van der Waals surface area contributed by atoms with Crippen LogP contribution < -0.4 is 5.32 Å². The van der Waals surface area contributed by atoms with Gasteiger partial charge in [-0.25, -0.2) is 0 Å². The Morgan fingerprint density at radius 3 is 2.53 bits per heavy atom. The normalized spacial score (nSPS) is 35.1. The van der Waals surface area contributed by atoms with Crippen molar-refractivity contribution in [3.8, 4) is 0 Å². The van der Waals surface area contributed by atoms with Crippen LogP contribution >= 0.6 is 0 Å². The minimum Gasteiger partial charge on any atom is -0.394 e. The molecule has 2 N–H and O–H groups in total. The molecule has 1 heterocycles. The first-order valence-corrected chi connectivity index (χ1v) is 6.61. The fourth-order valence-corrected chi connectivity index (χ4v) is 2.50. The third kappa shape index (κ3) is 4.42. The number of amides is 1.